The maximum atomic E-state index is 9.40. The molecule has 1 radical (unpaired) electrons. The van der Waals surface area contributed by atoms with Crippen LogP contribution in [0.15, 0.2) is 0 Å². The third-order valence-electron chi connectivity index (χ3n) is 2.03. The van der Waals surface area contributed by atoms with Crippen molar-refractivity contribution in [3.63, 3.8) is 0 Å². The van der Waals surface area contributed by atoms with E-state index < -0.39 is 12.2 Å². The molecular weight excluding hydrogens is 168 g/mol. The van der Waals surface area contributed by atoms with Gasteiger partial charge in [0.15, 0.2) is 0 Å². The zero-order valence-electron chi connectivity index (χ0n) is 8.15. The van der Waals surface area contributed by atoms with Crippen molar-refractivity contribution < 1.29 is 15.3 Å². The minimum atomic E-state index is -0.480. The Bertz CT molecular complexity index is 94.3. The molecule has 0 aromatic carbocycles. The lowest BCUT2D eigenvalue weighted by atomic mass is 10.0. The van der Waals surface area contributed by atoms with Gasteiger partial charge >= 0.3 is 0 Å². The number of aliphatic hydroxyl groups is 3. The van der Waals surface area contributed by atoms with Crippen LogP contribution in [-0.4, -0.2) is 34.1 Å². The summed E-state index contributed by atoms with van der Waals surface area (Å²) >= 11 is 0. The summed E-state index contributed by atoms with van der Waals surface area (Å²) in [6.07, 6.45) is 3.11. The highest BCUT2D eigenvalue weighted by Crippen LogP contribution is 2.10. The normalized spacial score (nSPS) is 15.7. The molecule has 0 spiro atoms. The van der Waals surface area contributed by atoms with Crippen LogP contribution in [0.3, 0.4) is 0 Å². The van der Waals surface area contributed by atoms with Crippen molar-refractivity contribution in [3.05, 3.63) is 6.92 Å². The number of unbranched alkanes of at least 4 members (excludes halogenated alkanes) is 1. The van der Waals surface area contributed by atoms with Crippen molar-refractivity contribution in [3.8, 4) is 0 Å². The van der Waals surface area contributed by atoms with Crippen LogP contribution in [0, 0.1) is 6.92 Å². The summed E-state index contributed by atoms with van der Waals surface area (Å²) in [5.74, 6) is 0. The van der Waals surface area contributed by atoms with Crippen LogP contribution in [0.2, 0.25) is 0 Å². The van der Waals surface area contributed by atoms with Gasteiger partial charge in [-0.3, -0.25) is 0 Å². The molecule has 0 bridgehead atoms. The molecule has 79 valence electrons. The van der Waals surface area contributed by atoms with E-state index in [1.807, 2.05) is 0 Å². The highest BCUT2D eigenvalue weighted by atomic mass is 16.3. The average Bonchev–Trinajstić information content (AvgIpc) is 2.11. The van der Waals surface area contributed by atoms with Gasteiger partial charge in [-0.25, -0.2) is 0 Å². The summed E-state index contributed by atoms with van der Waals surface area (Å²) in [6, 6.07) is 0. The zero-order chi connectivity index (χ0) is 10.1. The van der Waals surface area contributed by atoms with E-state index in [4.69, 9.17) is 5.11 Å². The molecule has 0 heterocycles. The quantitative estimate of drug-likeness (QED) is 0.531. The molecule has 0 fully saturated rings. The van der Waals surface area contributed by atoms with Gasteiger partial charge in [0, 0.05) is 6.61 Å². The van der Waals surface area contributed by atoms with Gasteiger partial charge < -0.3 is 15.3 Å². The molecule has 3 nitrogen and oxygen atoms in total. The van der Waals surface area contributed by atoms with Gasteiger partial charge in [0.2, 0.25) is 0 Å². The van der Waals surface area contributed by atoms with E-state index in [0.717, 1.165) is 12.8 Å². The molecule has 0 aliphatic carbocycles. The van der Waals surface area contributed by atoms with E-state index >= 15 is 0 Å². The molecule has 2 unspecified atom stereocenters. The van der Waals surface area contributed by atoms with Crippen molar-refractivity contribution in [2.45, 2.75) is 50.7 Å². The third-order valence-corrected chi connectivity index (χ3v) is 2.03. The molecule has 0 saturated carbocycles. The van der Waals surface area contributed by atoms with E-state index in [1.54, 1.807) is 0 Å². The summed E-state index contributed by atoms with van der Waals surface area (Å²) < 4.78 is 0. The van der Waals surface area contributed by atoms with Gasteiger partial charge in [0.25, 0.3) is 0 Å². The largest absolute Gasteiger partial charge is 0.396 e. The van der Waals surface area contributed by atoms with E-state index in [0.29, 0.717) is 25.7 Å². The fourth-order valence-electron chi connectivity index (χ4n) is 1.26. The van der Waals surface area contributed by atoms with Gasteiger partial charge in [-0.15, -0.1) is 0 Å². The number of rotatable bonds is 8. The topological polar surface area (TPSA) is 60.7 Å². The molecular formula is C10H21O3. The minimum absolute atomic E-state index is 0.103. The summed E-state index contributed by atoms with van der Waals surface area (Å²) in [4.78, 5) is 0. The fourth-order valence-corrected chi connectivity index (χ4v) is 1.26. The Morgan fingerprint density at radius 1 is 1.00 bits per heavy atom. The molecule has 2 atom stereocenters. The summed E-state index contributed by atoms with van der Waals surface area (Å²) in [5, 5.41) is 27.3. The Morgan fingerprint density at radius 3 is 2.00 bits per heavy atom. The molecule has 0 aromatic heterocycles. The van der Waals surface area contributed by atoms with Crippen LogP contribution in [0.5, 0.6) is 0 Å². The van der Waals surface area contributed by atoms with Crippen molar-refractivity contribution >= 4 is 0 Å². The highest BCUT2D eigenvalue weighted by Gasteiger charge is 2.10. The third kappa shape index (κ3) is 8.22. The lowest BCUT2D eigenvalue weighted by Gasteiger charge is -2.14. The summed E-state index contributed by atoms with van der Waals surface area (Å²) in [7, 11) is 0. The van der Waals surface area contributed by atoms with E-state index in [-0.39, 0.29) is 6.61 Å². The van der Waals surface area contributed by atoms with E-state index in [9.17, 15) is 10.2 Å². The Hall–Kier alpha value is -0.120. The van der Waals surface area contributed by atoms with Crippen LogP contribution >= 0.6 is 0 Å². The Kier molecular flexibility index (Phi) is 8.40. The van der Waals surface area contributed by atoms with Crippen LogP contribution < -0.4 is 0 Å². The molecule has 0 rings (SSSR count). The van der Waals surface area contributed by atoms with Gasteiger partial charge in [-0.2, -0.15) is 0 Å². The van der Waals surface area contributed by atoms with Crippen LogP contribution in [-0.2, 0) is 0 Å². The minimum Gasteiger partial charge on any atom is -0.396 e. The first-order valence-electron chi connectivity index (χ1n) is 4.97. The van der Waals surface area contributed by atoms with E-state index in [1.165, 1.54) is 0 Å². The second-order valence-corrected chi connectivity index (χ2v) is 3.40. The maximum Gasteiger partial charge on any atom is 0.0565 e. The van der Waals surface area contributed by atoms with Crippen molar-refractivity contribution in [1.82, 2.24) is 0 Å². The number of aliphatic hydroxyl groups excluding tert-OH is 3. The fraction of sp³-hybridized carbons (Fsp3) is 0.900. The van der Waals surface area contributed by atoms with Crippen molar-refractivity contribution in [2.75, 3.05) is 6.61 Å². The van der Waals surface area contributed by atoms with Gasteiger partial charge in [0.05, 0.1) is 12.2 Å². The first kappa shape index (κ1) is 12.9. The van der Waals surface area contributed by atoms with Gasteiger partial charge in [-0.05, 0) is 25.7 Å². The molecule has 0 saturated heterocycles. The molecule has 0 aliphatic heterocycles. The molecule has 0 amide bonds. The monoisotopic (exact) mass is 189 g/mol. The summed E-state index contributed by atoms with van der Waals surface area (Å²) in [6.45, 7) is 3.78. The van der Waals surface area contributed by atoms with Crippen molar-refractivity contribution in [2.24, 2.45) is 0 Å². The van der Waals surface area contributed by atoms with Crippen LogP contribution in [0.4, 0.5) is 0 Å². The van der Waals surface area contributed by atoms with Crippen molar-refractivity contribution in [1.29, 1.82) is 0 Å². The highest BCUT2D eigenvalue weighted by molar-refractivity contribution is 4.64. The smallest absolute Gasteiger partial charge is 0.0565 e. The second-order valence-electron chi connectivity index (χ2n) is 3.40. The lowest BCUT2D eigenvalue weighted by Crippen LogP contribution is -2.17. The Morgan fingerprint density at radius 2 is 1.54 bits per heavy atom. The lowest BCUT2D eigenvalue weighted by molar-refractivity contribution is 0.0658. The van der Waals surface area contributed by atoms with Crippen LogP contribution in [0.1, 0.15) is 38.5 Å². The molecule has 13 heavy (non-hydrogen) atoms. The molecule has 0 aliphatic rings. The standard InChI is InChI=1S/C10H21O3/c1-2-3-5-9(12)8-10(13)6-4-7-11/h9-13H,1-8H2. The van der Waals surface area contributed by atoms with Gasteiger partial charge in [-0.1, -0.05) is 19.8 Å². The SMILES string of the molecule is [CH2]CCCC(O)CC(O)CCCO. The van der Waals surface area contributed by atoms with E-state index in [2.05, 4.69) is 6.92 Å². The predicted molar refractivity (Wildman–Crippen MR) is 52.2 cm³/mol. The summed E-state index contributed by atoms with van der Waals surface area (Å²) in [5.41, 5.74) is 0. The van der Waals surface area contributed by atoms with Crippen LogP contribution in [0.25, 0.3) is 0 Å². The molecule has 3 N–H and O–H groups in total. The second kappa shape index (κ2) is 8.48. The predicted octanol–water partition coefficient (Wildman–Crippen LogP) is 0.875. The zero-order valence-corrected chi connectivity index (χ0v) is 8.15. The number of hydrogen-bond donors (Lipinski definition) is 3. The molecule has 3 heteroatoms. The first-order valence-corrected chi connectivity index (χ1v) is 4.97. The Labute approximate surface area is 80.4 Å². The first-order chi connectivity index (χ1) is 6.20. The number of hydrogen-bond acceptors (Lipinski definition) is 3. The maximum absolute atomic E-state index is 9.40. The average molecular weight is 189 g/mol. The van der Waals surface area contributed by atoms with Gasteiger partial charge in [0.1, 0.15) is 0 Å². The molecule has 0 aromatic rings. The Balaban J connectivity index is 3.35.